The van der Waals surface area contributed by atoms with E-state index in [1.54, 1.807) is 11.9 Å². The molecule has 1 atom stereocenters. The second kappa shape index (κ2) is 10.2. The molecule has 1 saturated heterocycles. The maximum Gasteiger partial charge on any atom is 0.286 e. The fraction of sp³-hybridized carbons (Fsp3) is 0.526. The van der Waals surface area contributed by atoms with Crippen LogP contribution < -0.4 is 10.1 Å². The summed E-state index contributed by atoms with van der Waals surface area (Å²) in [5, 5.41) is 1.65. The number of likely N-dealkylation sites (N-methyl/N-ethyl adjacent to an activating group) is 1. The van der Waals surface area contributed by atoms with Gasteiger partial charge in [0.05, 0.1) is 11.8 Å². The van der Waals surface area contributed by atoms with Gasteiger partial charge in [-0.25, -0.2) is 0 Å². The van der Waals surface area contributed by atoms with Crippen molar-refractivity contribution in [3.8, 4) is 5.75 Å². The Morgan fingerprint density at radius 3 is 2.58 bits per heavy atom. The molecule has 2 rings (SSSR count). The van der Waals surface area contributed by atoms with E-state index in [4.69, 9.17) is 4.74 Å². The number of carbonyl (C=O) groups excluding carboxylic acids is 3. The highest BCUT2D eigenvalue weighted by atomic mass is 32.2. The Hall–Kier alpha value is -2.02. The highest BCUT2D eigenvalue weighted by Crippen LogP contribution is 2.23. The zero-order valence-corrected chi connectivity index (χ0v) is 16.1. The Bertz CT molecular complexity index is 633. The minimum atomic E-state index is -0.360. The van der Waals surface area contributed by atoms with Crippen LogP contribution in [0, 0.1) is 0 Å². The lowest BCUT2D eigenvalue weighted by Gasteiger charge is -2.17. The molecule has 1 N–H and O–H groups in total. The van der Waals surface area contributed by atoms with Crippen molar-refractivity contribution in [2.75, 3.05) is 20.2 Å². The SMILES string of the molecule is CCCCCC(=O)N(C)CCOc1ccc(CC2SC(=O)NC2=O)cc1. The fourth-order valence-electron chi connectivity index (χ4n) is 2.61. The van der Waals surface area contributed by atoms with E-state index in [0.29, 0.717) is 26.0 Å². The van der Waals surface area contributed by atoms with E-state index in [1.807, 2.05) is 24.3 Å². The lowest BCUT2D eigenvalue weighted by Crippen LogP contribution is -2.30. The molecule has 0 spiro atoms. The van der Waals surface area contributed by atoms with Crippen LogP contribution in [0.15, 0.2) is 24.3 Å². The molecule has 142 valence electrons. The van der Waals surface area contributed by atoms with E-state index in [2.05, 4.69) is 12.2 Å². The second-order valence-corrected chi connectivity index (χ2v) is 7.53. The number of ether oxygens (including phenoxy) is 1. The van der Waals surface area contributed by atoms with E-state index in [0.717, 1.165) is 42.3 Å². The third-order valence-corrected chi connectivity index (χ3v) is 5.21. The number of nitrogens with one attached hydrogen (secondary N) is 1. The number of nitrogens with zero attached hydrogens (tertiary/aromatic N) is 1. The summed E-state index contributed by atoms with van der Waals surface area (Å²) in [7, 11) is 1.80. The van der Waals surface area contributed by atoms with Gasteiger partial charge < -0.3 is 9.64 Å². The highest BCUT2D eigenvalue weighted by molar-refractivity contribution is 8.15. The number of thioether (sulfide) groups is 1. The molecule has 3 amide bonds. The summed E-state index contributed by atoms with van der Waals surface area (Å²) in [6, 6.07) is 7.48. The van der Waals surface area contributed by atoms with Crippen molar-refractivity contribution in [1.29, 1.82) is 0 Å². The van der Waals surface area contributed by atoms with Gasteiger partial charge in [0.25, 0.3) is 5.24 Å². The Balaban J connectivity index is 1.71. The molecule has 1 fully saturated rings. The van der Waals surface area contributed by atoms with Gasteiger partial charge in [0.2, 0.25) is 11.8 Å². The first-order valence-corrected chi connectivity index (χ1v) is 9.84. The Morgan fingerprint density at radius 2 is 1.96 bits per heavy atom. The average Bonchev–Trinajstić information content (AvgIpc) is 2.93. The number of rotatable bonds is 10. The molecular weight excluding hydrogens is 352 g/mol. The van der Waals surface area contributed by atoms with Crippen molar-refractivity contribution in [3.63, 3.8) is 0 Å². The number of carbonyl (C=O) groups is 3. The molecule has 1 heterocycles. The lowest BCUT2D eigenvalue weighted by molar-refractivity contribution is -0.130. The summed E-state index contributed by atoms with van der Waals surface area (Å²) >= 11 is 1.03. The van der Waals surface area contributed by atoms with Crippen LogP contribution in [0.2, 0.25) is 0 Å². The van der Waals surface area contributed by atoms with Gasteiger partial charge in [-0.3, -0.25) is 19.7 Å². The number of unbranched alkanes of at least 4 members (excludes halogenated alkanes) is 2. The van der Waals surface area contributed by atoms with Gasteiger partial charge in [-0.2, -0.15) is 0 Å². The number of imide groups is 1. The minimum Gasteiger partial charge on any atom is -0.492 e. The number of hydrogen-bond acceptors (Lipinski definition) is 5. The highest BCUT2D eigenvalue weighted by Gasteiger charge is 2.31. The molecule has 1 aliphatic rings. The van der Waals surface area contributed by atoms with Gasteiger partial charge in [0, 0.05) is 13.5 Å². The van der Waals surface area contributed by atoms with Gasteiger partial charge in [-0.15, -0.1) is 0 Å². The van der Waals surface area contributed by atoms with E-state index in [9.17, 15) is 14.4 Å². The molecule has 0 radical (unpaired) electrons. The van der Waals surface area contributed by atoms with Crippen molar-refractivity contribution in [3.05, 3.63) is 29.8 Å². The van der Waals surface area contributed by atoms with Crippen LogP contribution >= 0.6 is 11.8 Å². The maximum atomic E-state index is 11.9. The quantitative estimate of drug-likeness (QED) is 0.634. The maximum absolute atomic E-state index is 11.9. The zero-order valence-electron chi connectivity index (χ0n) is 15.3. The molecule has 1 aliphatic heterocycles. The third kappa shape index (κ3) is 6.37. The predicted octanol–water partition coefficient (Wildman–Crippen LogP) is 3.00. The summed E-state index contributed by atoms with van der Waals surface area (Å²) in [6.45, 7) is 3.10. The molecule has 7 heteroatoms. The van der Waals surface area contributed by atoms with E-state index >= 15 is 0 Å². The van der Waals surface area contributed by atoms with E-state index in [1.165, 1.54) is 0 Å². The van der Waals surface area contributed by atoms with Crippen molar-refractivity contribution in [2.24, 2.45) is 0 Å². The van der Waals surface area contributed by atoms with Crippen molar-refractivity contribution < 1.29 is 19.1 Å². The standard InChI is InChI=1S/C19H26N2O4S/c1-3-4-5-6-17(22)21(2)11-12-25-15-9-7-14(8-10-15)13-16-18(23)20-19(24)26-16/h7-10,16H,3-6,11-13H2,1-2H3,(H,20,23,24). The normalized spacial score (nSPS) is 16.5. The van der Waals surface area contributed by atoms with Crippen LogP contribution in [0.1, 0.15) is 38.2 Å². The van der Waals surface area contributed by atoms with Gasteiger partial charge in [-0.05, 0) is 30.5 Å². The van der Waals surface area contributed by atoms with Gasteiger partial charge >= 0.3 is 0 Å². The number of hydrogen-bond donors (Lipinski definition) is 1. The first-order valence-electron chi connectivity index (χ1n) is 8.96. The average molecular weight is 378 g/mol. The van der Waals surface area contributed by atoms with E-state index < -0.39 is 0 Å². The van der Waals surface area contributed by atoms with Crippen LogP contribution in [0.3, 0.4) is 0 Å². The summed E-state index contributed by atoms with van der Waals surface area (Å²) in [4.78, 5) is 36.4. The molecule has 1 unspecified atom stereocenters. The molecule has 0 saturated carbocycles. The van der Waals surface area contributed by atoms with Crippen LogP contribution in [-0.4, -0.2) is 47.4 Å². The molecule has 6 nitrogen and oxygen atoms in total. The number of amides is 3. The van der Waals surface area contributed by atoms with Crippen LogP contribution in [0.5, 0.6) is 5.75 Å². The lowest BCUT2D eigenvalue weighted by atomic mass is 10.1. The van der Waals surface area contributed by atoms with Crippen molar-refractivity contribution in [2.45, 2.75) is 44.3 Å². The summed E-state index contributed by atoms with van der Waals surface area (Å²) in [5.74, 6) is 0.645. The summed E-state index contributed by atoms with van der Waals surface area (Å²) in [6.07, 6.45) is 4.23. The smallest absolute Gasteiger partial charge is 0.286 e. The van der Waals surface area contributed by atoms with Crippen molar-refractivity contribution >= 4 is 28.8 Å². The number of benzene rings is 1. The fourth-order valence-corrected chi connectivity index (χ4v) is 3.47. The molecule has 1 aromatic rings. The van der Waals surface area contributed by atoms with Gasteiger partial charge in [-0.1, -0.05) is 43.7 Å². The molecule has 1 aromatic carbocycles. The Morgan fingerprint density at radius 1 is 1.23 bits per heavy atom. The topological polar surface area (TPSA) is 75.7 Å². The molecule has 0 aromatic heterocycles. The van der Waals surface area contributed by atoms with Gasteiger partial charge in [0.1, 0.15) is 12.4 Å². The largest absolute Gasteiger partial charge is 0.492 e. The van der Waals surface area contributed by atoms with E-state index in [-0.39, 0.29) is 22.3 Å². The van der Waals surface area contributed by atoms with Crippen LogP contribution in [-0.2, 0) is 16.0 Å². The van der Waals surface area contributed by atoms with Gasteiger partial charge in [0.15, 0.2) is 0 Å². The Labute approximate surface area is 158 Å². The predicted molar refractivity (Wildman–Crippen MR) is 102 cm³/mol. The summed E-state index contributed by atoms with van der Waals surface area (Å²) in [5.41, 5.74) is 0.975. The molecule has 0 bridgehead atoms. The minimum absolute atomic E-state index is 0.152. The Kier molecular flexibility index (Phi) is 7.97. The molecule has 0 aliphatic carbocycles. The molecule has 26 heavy (non-hydrogen) atoms. The zero-order chi connectivity index (χ0) is 18.9. The summed E-state index contributed by atoms with van der Waals surface area (Å²) < 4.78 is 5.68. The third-order valence-electron chi connectivity index (χ3n) is 4.23. The molecular formula is C19H26N2O4S. The first kappa shape index (κ1) is 20.3. The van der Waals surface area contributed by atoms with Crippen molar-refractivity contribution in [1.82, 2.24) is 10.2 Å². The monoisotopic (exact) mass is 378 g/mol. The van der Waals surface area contributed by atoms with Crippen LogP contribution in [0.25, 0.3) is 0 Å². The van der Waals surface area contributed by atoms with Crippen LogP contribution in [0.4, 0.5) is 4.79 Å². The first-order chi connectivity index (χ1) is 12.5. The second-order valence-electron chi connectivity index (χ2n) is 6.35.